The summed E-state index contributed by atoms with van der Waals surface area (Å²) in [6.07, 6.45) is 3.01. The Morgan fingerprint density at radius 1 is 0.969 bits per heavy atom. The average molecular weight is 430 g/mol. The van der Waals surface area contributed by atoms with Gasteiger partial charge in [-0.1, -0.05) is 42.5 Å². The van der Waals surface area contributed by atoms with E-state index < -0.39 is 0 Å². The van der Waals surface area contributed by atoms with Crippen LogP contribution in [0.25, 0.3) is 10.9 Å². The number of ether oxygens (including phenoxy) is 2. The fourth-order valence-electron chi connectivity index (χ4n) is 4.05. The van der Waals surface area contributed by atoms with Gasteiger partial charge in [0, 0.05) is 35.6 Å². The molecule has 0 radical (unpaired) electrons. The summed E-state index contributed by atoms with van der Waals surface area (Å²) in [6.45, 7) is 1.11. The minimum atomic E-state index is -0.213. The number of para-hydroxylation sites is 1. The largest absolute Gasteiger partial charge is 0.454 e. The molecular weight excluding hydrogens is 407 g/mol. The second kappa shape index (κ2) is 8.75. The van der Waals surface area contributed by atoms with Gasteiger partial charge in [0.1, 0.15) is 5.82 Å². The lowest BCUT2D eigenvalue weighted by Gasteiger charge is -2.06. The number of hydrogen-bond acceptors (Lipinski definition) is 3. The third kappa shape index (κ3) is 4.17. The van der Waals surface area contributed by atoms with Crippen LogP contribution in [0.4, 0.5) is 4.39 Å². The summed E-state index contributed by atoms with van der Waals surface area (Å²) in [4.78, 5) is 12.5. The Morgan fingerprint density at radius 3 is 2.69 bits per heavy atom. The smallest absolute Gasteiger partial charge is 0.231 e. The zero-order valence-electron chi connectivity index (χ0n) is 17.5. The van der Waals surface area contributed by atoms with Crippen LogP contribution in [0.1, 0.15) is 23.1 Å². The van der Waals surface area contributed by atoms with Crippen LogP contribution in [0.2, 0.25) is 0 Å². The predicted octanol–water partition coefficient (Wildman–Crippen LogP) is 4.81. The van der Waals surface area contributed by atoms with Gasteiger partial charge in [-0.2, -0.15) is 0 Å². The van der Waals surface area contributed by atoms with Crippen molar-refractivity contribution >= 4 is 16.8 Å². The van der Waals surface area contributed by atoms with Gasteiger partial charge in [0.05, 0.1) is 6.54 Å². The van der Waals surface area contributed by atoms with Crippen molar-refractivity contribution in [2.75, 3.05) is 6.79 Å². The number of rotatable bonds is 7. The molecule has 5 rings (SSSR count). The lowest BCUT2D eigenvalue weighted by atomic mass is 10.1. The molecule has 1 amide bonds. The summed E-state index contributed by atoms with van der Waals surface area (Å²) in [5.41, 5.74) is 3.71. The standard InChI is InChI=1S/C26H23FN2O3/c27-22-7-3-1-5-20(22)16-29-15-19(21-6-2-4-8-23(21)29)10-12-26(30)28-14-18-9-11-24-25(13-18)32-17-31-24/h1-9,11,13,15H,10,12,14,16-17H2,(H,28,30). The molecule has 1 aromatic heterocycles. The van der Waals surface area contributed by atoms with Crippen molar-refractivity contribution in [3.05, 3.63) is 95.4 Å². The Bertz CT molecular complexity index is 1280. The molecule has 1 N–H and O–H groups in total. The fraction of sp³-hybridized carbons (Fsp3) is 0.192. The van der Waals surface area contributed by atoms with Crippen LogP contribution in [-0.2, 0) is 24.3 Å². The Balaban J connectivity index is 1.25. The SMILES string of the molecule is O=C(CCc1cn(Cc2ccccc2F)c2ccccc12)NCc1ccc2c(c1)OCO2. The van der Waals surface area contributed by atoms with E-state index in [1.807, 2.05) is 59.3 Å². The van der Waals surface area contributed by atoms with E-state index >= 15 is 0 Å². The van der Waals surface area contributed by atoms with Gasteiger partial charge in [-0.25, -0.2) is 4.39 Å². The molecule has 0 saturated carbocycles. The fourth-order valence-corrected chi connectivity index (χ4v) is 4.05. The number of fused-ring (bicyclic) bond motifs is 2. The molecule has 0 fully saturated rings. The number of benzene rings is 3. The minimum Gasteiger partial charge on any atom is -0.454 e. The molecule has 0 unspecified atom stereocenters. The molecule has 5 nitrogen and oxygen atoms in total. The van der Waals surface area contributed by atoms with Crippen LogP contribution in [0.5, 0.6) is 11.5 Å². The van der Waals surface area contributed by atoms with Crippen molar-refractivity contribution in [2.24, 2.45) is 0 Å². The number of nitrogens with zero attached hydrogens (tertiary/aromatic N) is 1. The number of carbonyl (C=O) groups is 1. The Kier molecular flexibility index (Phi) is 5.50. The number of aromatic nitrogens is 1. The van der Waals surface area contributed by atoms with Gasteiger partial charge in [-0.3, -0.25) is 4.79 Å². The molecule has 2 heterocycles. The van der Waals surface area contributed by atoms with E-state index in [1.165, 1.54) is 6.07 Å². The number of aryl methyl sites for hydroxylation is 1. The zero-order valence-corrected chi connectivity index (χ0v) is 17.5. The molecule has 0 bridgehead atoms. The van der Waals surface area contributed by atoms with Crippen LogP contribution >= 0.6 is 0 Å². The molecule has 4 aromatic rings. The molecule has 6 heteroatoms. The Hall–Kier alpha value is -3.80. The number of halogens is 1. The topological polar surface area (TPSA) is 52.5 Å². The highest BCUT2D eigenvalue weighted by Gasteiger charge is 2.14. The predicted molar refractivity (Wildman–Crippen MR) is 120 cm³/mol. The maximum absolute atomic E-state index is 14.2. The van der Waals surface area contributed by atoms with Crippen LogP contribution in [0.15, 0.2) is 72.9 Å². The Labute approximate surface area is 185 Å². The van der Waals surface area contributed by atoms with Crippen molar-refractivity contribution in [2.45, 2.75) is 25.9 Å². The summed E-state index contributed by atoms with van der Waals surface area (Å²) < 4.78 is 26.9. The first kappa shape index (κ1) is 20.1. The van der Waals surface area contributed by atoms with E-state index in [4.69, 9.17) is 9.47 Å². The molecular formula is C26H23FN2O3. The molecule has 0 saturated heterocycles. The van der Waals surface area contributed by atoms with E-state index in [9.17, 15) is 9.18 Å². The third-order valence-electron chi connectivity index (χ3n) is 5.72. The maximum Gasteiger partial charge on any atom is 0.231 e. The van der Waals surface area contributed by atoms with Crippen molar-refractivity contribution in [1.29, 1.82) is 0 Å². The zero-order chi connectivity index (χ0) is 21.9. The summed E-state index contributed by atoms with van der Waals surface area (Å²) in [7, 11) is 0. The number of carbonyl (C=O) groups excluding carboxylic acids is 1. The highest BCUT2D eigenvalue weighted by Crippen LogP contribution is 2.32. The van der Waals surface area contributed by atoms with Gasteiger partial charge in [0.2, 0.25) is 12.7 Å². The van der Waals surface area contributed by atoms with E-state index in [1.54, 1.807) is 12.1 Å². The lowest BCUT2D eigenvalue weighted by molar-refractivity contribution is -0.121. The number of nitrogens with one attached hydrogen (secondary N) is 1. The van der Waals surface area contributed by atoms with Crippen molar-refractivity contribution < 1.29 is 18.7 Å². The highest BCUT2D eigenvalue weighted by molar-refractivity contribution is 5.85. The molecule has 162 valence electrons. The molecule has 1 aliphatic heterocycles. The molecule has 1 aliphatic rings. The first-order valence-corrected chi connectivity index (χ1v) is 10.6. The normalized spacial score (nSPS) is 12.3. The summed E-state index contributed by atoms with van der Waals surface area (Å²) in [5.74, 6) is 1.20. The van der Waals surface area contributed by atoms with Crippen LogP contribution < -0.4 is 14.8 Å². The van der Waals surface area contributed by atoms with Gasteiger partial charge < -0.3 is 19.4 Å². The minimum absolute atomic E-state index is 0.0198. The van der Waals surface area contributed by atoms with E-state index in [0.29, 0.717) is 37.2 Å². The average Bonchev–Trinajstić information content (AvgIpc) is 3.42. The molecule has 0 spiro atoms. The summed E-state index contributed by atoms with van der Waals surface area (Å²) >= 11 is 0. The first-order valence-electron chi connectivity index (χ1n) is 10.6. The van der Waals surface area contributed by atoms with Gasteiger partial charge in [0.15, 0.2) is 11.5 Å². The van der Waals surface area contributed by atoms with Crippen LogP contribution in [0.3, 0.4) is 0 Å². The maximum atomic E-state index is 14.2. The van der Waals surface area contributed by atoms with E-state index in [0.717, 1.165) is 27.8 Å². The molecule has 32 heavy (non-hydrogen) atoms. The lowest BCUT2D eigenvalue weighted by Crippen LogP contribution is -2.22. The summed E-state index contributed by atoms with van der Waals surface area (Å²) in [6, 6.07) is 20.5. The summed E-state index contributed by atoms with van der Waals surface area (Å²) in [5, 5.41) is 4.06. The molecule has 0 atom stereocenters. The van der Waals surface area contributed by atoms with Gasteiger partial charge in [0.25, 0.3) is 0 Å². The monoisotopic (exact) mass is 430 g/mol. The van der Waals surface area contributed by atoms with Crippen LogP contribution in [0, 0.1) is 5.82 Å². The number of amides is 1. The number of hydrogen-bond donors (Lipinski definition) is 1. The van der Waals surface area contributed by atoms with E-state index in [2.05, 4.69) is 5.32 Å². The third-order valence-corrected chi connectivity index (χ3v) is 5.72. The quantitative estimate of drug-likeness (QED) is 0.458. The first-order chi connectivity index (χ1) is 15.7. The van der Waals surface area contributed by atoms with Crippen molar-refractivity contribution in [3.63, 3.8) is 0 Å². The van der Waals surface area contributed by atoms with Crippen molar-refractivity contribution in [1.82, 2.24) is 9.88 Å². The molecule has 3 aromatic carbocycles. The van der Waals surface area contributed by atoms with Crippen molar-refractivity contribution in [3.8, 4) is 11.5 Å². The van der Waals surface area contributed by atoms with E-state index in [-0.39, 0.29) is 18.5 Å². The second-order valence-electron chi connectivity index (χ2n) is 7.86. The van der Waals surface area contributed by atoms with Gasteiger partial charge in [-0.15, -0.1) is 0 Å². The highest BCUT2D eigenvalue weighted by atomic mass is 19.1. The molecule has 0 aliphatic carbocycles. The second-order valence-corrected chi connectivity index (χ2v) is 7.86. The van der Waals surface area contributed by atoms with Crippen LogP contribution in [-0.4, -0.2) is 17.3 Å². The Morgan fingerprint density at radius 2 is 1.78 bits per heavy atom. The van der Waals surface area contributed by atoms with Gasteiger partial charge >= 0.3 is 0 Å². The van der Waals surface area contributed by atoms with Gasteiger partial charge in [-0.05, 0) is 41.8 Å².